The maximum atomic E-state index is 8.69. The Hall–Kier alpha value is -1.24. The van der Waals surface area contributed by atoms with Gasteiger partial charge in [-0.3, -0.25) is 0 Å². The Kier molecular flexibility index (Phi) is 4.41. The summed E-state index contributed by atoms with van der Waals surface area (Å²) >= 11 is 0. The Morgan fingerprint density at radius 2 is 2.20 bits per heavy atom. The van der Waals surface area contributed by atoms with Gasteiger partial charge in [0, 0.05) is 13.6 Å². The van der Waals surface area contributed by atoms with Crippen molar-refractivity contribution in [3.63, 3.8) is 0 Å². The van der Waals surface area contributed by atoms with Gasteiger partial charge in [0.05, 0.1) is 18.0 Å². The minimum absolute atomic E-state index is 0.00710. The zero-order valence-electron chi connectivity index (χ0n) is 9.61. The Morgan fingerprint density at radius 3 is 2.73 bits per heavy atom. The van der Waals surface area contributed by atoms with E-state index >= 15 is 0 Å². The van der Waals surface area contributed by atoms with Crippen LogP contribution in [0.2, 0.25) is 0 Å². The number of rotatable bonds is 3. The summed E-state index contributed by atoms with van der Waals surface area (Å²) in [6, 6.07) is 2.60. The van der Waals surface area contributed by atoms with Crippen LogP contribution < -0.4 is 5.73 Å². The normalized spacial score (nSPS) is 19.9. The first-order valence-electron chi connectivity index (χ1n) is 5.57. The molecule has 1 atom stereocenters. The molecule has 2 N–H and O–H groups in total. The Labute approximate surface area is 91.8 Å². The highest BCUT2D eigenvalue weighted by Crippen LogP contribution is 2.20. The minimum atomic E-state index is -0.00710. The van der Waals surface area contributed by atoms with Crippen molar-refractivity contribution in [1.29, 1.82) is 5.26 Å². The van der Waals surface area contributed by atoms with Crippen LogP contribution in [0, 0.1) is 17.2 Å². The SMILES string of the molecule is CC(C#N)CN(C)C(N)=NC1CCCC1. The van der Waals surface area contributed by atoms with Gasteiger partial charge in [0.25, 0.3) is 0 Å². The summed E-state index contributed by atoms with van der Waals surface area (Å²) in [5.74, 6) is 0.566. The van der Waals surface area contributed by atoms with Gasteiger partial charge in [0.1, 0.15) is 0 Å². The first-order valence-corrected chi connectivity index (χ1v) is 5.57. The molecule has 15 heavy (non-hydrogen) atoms. The molecule has 4 nitrogen and oxygen atoms in total. The molecular weight excluding hydrogens is 188 g/mol. The fourth-order valence-corrected chi connectivity index (χ4v) is 1.86. The highest BCUT2D eigenvalue weighted by Gasteiger charge is 2.15. The average molecular weight is 208 g/mol. The van der Waals surface area contributed by atoms with Crippen molar-refractivity contribution in [2.45, 2.75) is 38.6 Å². The molecule has 0 aromatic rings. The second kappa shape index (κ2) is 5.59. The van der Waals surface area contributed by atoms with E-state index in [1.807, 2.05) is 18.9 Å². The molecule has 0 aromatic carbocycles. The number of hydrogen-bond acceptors (Lipinski definition) is 2. The van der Waals surface area contributed by atoms with Gasteiger partial charge in [-0.25, -0.2) is 4.99 Å². The maximum absolute atomic E-state index is 8.69. The molecule has 1 unspecified atom stereocenters. The molecule has 0 heterocycles. The molecule has 84 valence electrons. The molecule has 1 rings (SSSR count). The van der Waals surface area contributed by atoms with Gasteiger partial charge in [0.15, 0.2) is 5.96 Å². The zero-order chi connectivity index (χ0) is 11.3. The van der Waals surface area contributed by atoms with E-state index in [1.54, 1.807) is 0 Å². The molecule has 0 aliphatic heterocycles. The zero-order valence-corrected chi connectivity index (χ0v) is 9.61. The summed E-state index contributed by atoms with van der Waals surface area (Å²) in [4.78, 5) is 6.34. The van der Waals surface area contributed by atoms with Crippen LogP contribution in [-0.4, -0.2) is 30.5 Å². The number of nitrogens with two attached hydrogens (primary N) is 1. The fourth-order valence-electron chi connectivity index (χ4n) is 1.86. The average Bonchev–Trinajstić information content (AvgIpc) is 2.70. The van der Waals surface area contributed by atoms with Gasteiger partial charge in [-0.05, 0) is 19.8 Å². The second-order valence-corrected chi connectivity index (χ2v) is 4.34. The number of aliphatic imine (C=N–C) groups is 1. The van der Waals surface area contributed by atoms with Crippen LogP contribution in [0.5, 0.6) is 0 Å². The molecule has 1 aliphatic carbocycles. The van der Waals surface area contributed by atoms with Gasteiger partial charge in [-0.1, -0.05) is 12.8 Å². The minimum Gasteiger partial charge on any atom is -0.370 e. The lowest BCUT2D eigenvalue weighted by atomic mass is 10.2. The van der Waals surface area contributed by atoms with Crippen molar-refractivity contribution in [2.24, 2.45) is 16.6 Å². The molecule has 1 fully saturated rings. The number of guanidine groups is 1. The molecule has 0 amide bonds. The van der Waals surface area contributed by atoms with Crippen LogP contribution >= 0.6 is 0 Å². The van der Waals surface area contributed by atoms with Crippen molar-refractivity contribution >= 4 is 5.96 Å². The van der Waals surface area contributed by atoms with E-state index in [1.165, 1.54) is 12.8 Å². The topological polar surface area (TPSA) is 65.4 Å². The lowest BCUT2D eigenvalue weighted by molar-refractivity contribution is 0.445. The largest absolute Gasteiger partial charge is 0.370 e. The van der Waals surface area contributed by atoms with Crippen molar-refractivity contribution in [3.8, 4) is 6.07 Å². The van der Waals surface area contributed by atoms with E-state index in [-0.39, 0.29) is 5.92 Å². The van der Waals surface area contributed by atoms with Gasteiger partial charge in [-0.2, -0.15) is 5.26 Å². The van der Waals surface area contributed by atoms with Crippen molar-refractivity contribution in [2.75, 3.05) is 13.6 Å². The molecule has 0 saturated heterocycles. The summed E-state index contributed by atoms with van der Waals surface area (Å²) < 4.78 is 0. The third kappa shape index (κ3) is 3.78. The van der Waals surface area contributed by atoms with Crippen LogP contribution in [0.3, 0.4) is 0 Å². The highest BCUT2D eigenvalue weighted by molar-refractivity contribution is 5.78. The van der Waals surface area contributed by atoms with E-state index < -0.39 is 0 Å². The van der Waals surface area contributed by atoms with Crippen molar-refractivity contribution in [1.82, 2.24) is 4.90 Å². The Balaban J connectivity index is 2.44. The predicted octanol–water partition coefficient (Wildman–Crippen LogP) is 1.34. The van der Waals surface area contributed by atoms with E-state index in [9.17, 15) is 0 Å². The number of hydrogen-bond donors (Lipinski definition) is 1. The summed E-state index contributed by atoms with van der Waals surface area (Å²) in [6.07, 6.45) is 4.84. The molecular formula is C11H20N4. The molecule has 0 radical (unpaired) electrons. The van der Waals surface area contributed by atoms with Crippen LogP contribution in [0.25, 0.3) is 0 Å². The van der Waals surface area contributed by atoms with E-state index in [0.717, 1.165) is 12.8 Å². The molecule has 0 spiro atoms. The Morgan fingerprint density at radius 1 is 1.60 bits per heavy atom. The van der Waals surface area contributed by atoms with Crippen LogP contribution in [0.4, 0.5) is 0 Å². The summed E-state index contributed by atoms with van der Waals surface area (Å²) in [7, 11) is 1.89. The van der Waals surface area contributed by atoms with Crippen LogP contribution in [0.15, 0.2) is 4.99 Å². The summed E-state index contributed by atoms with van der Waals surface area (Å²) in [5, 5.41) is 8.69. The standard InChI is InChI=1S/C11H20N4/c1-9(7-12)8-15(2)11(13)14-10-5-3-4-6-10/h9-10H,3-6,8H2,1-2H3,(H2,13,14). The lowest BCUT2D eigenvalue weighted by Crippen LogP contribution is -2.37. The first kappa shape index (κ1) is 11.8. The van der Waals surface area contributed by atoms with Crippen LogP contribution in [0.1, 0.15) is 32.6 Å². The maximum Gasteiger partial charge on any atom is 0.191 e. The summed E-state index contributed by atoms with van der Waals surface area (Å²) in [6.45, 7) is 2.54. The first-order chi connectivity index (χ1) is 7.13. The van der Waals surface area contributed by atoms with E-state index in [4.69, 9.17) is 11.0 Å². The molecule has 1 saturated carbocycles. The van der Waals surface area contributed by atoms with E-state index in [2.05, 4.69) is 11.1 Å². The smallest absolute Gasteiger partial charge is 0.191 e. The molecule has 0 bridgehead atoms. The predicted molar refractivity (Wildman–Crippen MR) is 61.3 cm³/mol. The fraction of sp³-hybridized carbons (Fsp3) is 0.818. The second-order valence-electron chi connectivity index (χ2n) is 4.34. The lowest BCUT2D eigenvalue weighted by Gasteiger charge is -2.20. The quantitative estimate of drug-likeness (QED) is 0.562. The highest BCUT2D eigenvalue weighted by atomic mass is 15.2. The third-order valence-corrected chi connectivity index (χ3v) is 2.80. The van der Waals surface area contributed by atoms with Gasteiger partial charge >= 0.3 is 0 Å². The van der Waals surface area contributed by atoms with Gasteiger partial charge < -0.3 is 10.6 Å². The van der Waals surface area contributed by atoms with Crippen LogP contribution in [-0.2, 0) is 0 Å². The van der Waals surface area contributed by atoms with E-state index in [0.29, 0.717) is 18.5 Å². The molecule has 0 aromatic heterocycles. The summed E-state index contributed by atoms with van der Waals surface area (Å²) in [5.41, 5.74) is 5.87. The monoisotopic (exact) mass is 208 g/mol. The van der Waals surface area contributed by atoms with Crippen molar-refractivity contribution in [3.05, 3.63) is 0 Å². The van der Waals surface area contributed by atoms with Gasteiger partial charge in [0.2, 0.25) is 0 Å². The van der Waals surface area contributed by atoms with Crippen molar-refractivity contribution < 1.29 is 0 Å². The molecule has 4 heteroatoms. The number of nitrogens with zero attached hydrogens (tertiary/aromatic N) is 3. The third-order valence-electron chi connectivity index (χ3n) is 2.80. The Bertz CT molecular complexity index is 260. The molecule has 1 aliphatic rings. The number of nitriles is 1. The van der Waals surface area contributed by atoms with Gasteiger partial charge in [-0.15, -0.1) is 0 Å².